The molecule has 33 heavy (non-hydrogen) atoms. The number of carboxylic acids is 1. The molecule has 0 bridgehead atoms. The third-order valence-corrected chi connectivity index (χ3v) is 6.56. The Morgan fingerprint density at radius 1 is 0.788 bits per heavy atom. The predicted molar refractivity (Wildman–Crippen MR) is 130 cm³/mol. The van der Waals surface area contributed by atoms with Crippen LogP contribution in [0.4, 0.5) is 0 Å². The maximum absolute atomic E-state index is 11.5. The first-order chi connectivity index (χ1) is 15.5. The van der Waals surface area contributed by atoms with Gasteiger partial charge in [-0.05, 0) is 65.5 Å². The topological polar surface area (TPSA) is 74.2 Å². The van der Waals surface area contributed by atoms with Crippen LogP contribution in [0.1, 0.15) is 58.1 Å². The molecule has 182 valence electrons. The molecule has 2 atom stereocenters. The molecule has 0 aliphatic heterocycles. The fraction of sp³-hybridized carbons (Fsp3) is 0.519. The van der Waals surface area contributed by atoms with Crippen LogP contribution in [0.3, 0.4) is 0 Å². The van der Waals surface area contributed by atoms with Crippen LogP contribution in [0, 0.1) is 5.92 Å². The van der Waals surface area contributed by atoms with E-state index < -0.39 is 11.9 Å². The molecule has 0 amide bonds. The quantitative estimate of drug-likeness (QED) is 0.430. The Kier molecular flexibility index (Phi) is 8.64. The van der Waals surface area contributed by atoms with E-state index in [1.807, 2.05) is 36.4 Å². The van der Waals surface area contributed by atoms with Gasteiger partial charge in [-0.15, -0.1) is 0 Å². The van der Waals surface area contributed by atoms with E-state index in [0.29, 0.717) is 24.3 Å². The van der Waals surface area contributed by atoms with Crippen molar-refractivity contribution in [2.45, 2.75) is 57.8 Å². The second kappa shape index (κ2) is 10.8. The van der Waals surface area contributed by atoms with Gasteiger partial charge in [-0.3, -0.25) is 4.79 Å². The molecular formula is C27H38O6. The third kappa shape index (κ3) is 6.56. The molecule has 0 radical (unpaired) electrons. The Morgan fingerprint density at radius 2 is 1.18 bits per heavy atom. The van der Waals surface area contributed by atoms with Gasteiger partial charge in [0.2, 0.25) is 0 Å². The van der Waals surface area contributed by atoms with Crippen molar-refractivity contribution in [1.29, 1.82) is 0 Å². The molecule has 2 unspecified atom stereocenters. The summed E-state index contributed by atoms with van der Waals surface area (Å²) in [6.07, 6.45) is 2.02. The van der Waals surface area contributed by atoms with Crippen LogP contribution in [0.5, 0.6) is 23.0 Å². The van der Waals surface area contributed by atoms with E-state index in [0.717, 1.165) is 29.0 Å². The van der Waals surface area contributed by atoms with E-state index in [4.69, 9.17) is 18.9 Å². The molecule has 0 aromatic heterocycles. The van der Waals surface area contributed by atoms with Crippen molar-refractivity contribution in [2.24, 2.45) is 5.92 Å². The Bertz CT molecular complexity index is 907. The Morgan fingerprint density at radius 3 is 1.55 bits per heavy atom. The summed E-state index contributed by atoms with van der Waals surface area (Å²) < 4.78 is 22.0. The summed E-state index contributed by atoms with van der Waals surface area (Å²) in [7, 11) is 6.56. The Balaban J connectivity index is 2.55. The van der Waals surface area contributed by atoms with Crippen molar-refractivity contribution in [1.82, 2.24) is 0 Å². The van der Waals surface area contributed by atoms with Crippen LogP contribution in [-0.4, -0.2) is 39.5 Å². The number of rotatable bonds is 12. The van der Waals surface area contributed by atoms with Gasteiger partial charge in [0.05, 0.1) is 34.4 Å². The lowest BCUT2D eigenvalue weighted by atomic mass is 9.65. The number of carbonyl (C=O) groups is 1. The molecule has 0 saturated heterocycles. The molecular weight excluding hydrogens is 420 g/mol. The smallest absolute Gasteiger partial charge is 0.306 e. The summed E-state index contributed by atoms with van der Waals surface area (Å²) in [4.78, 5) is 11.5. The average Bonchev–Trinajstić information content (AvgIpc) is 2.81. The molecule has 2 aromatic rings. The van der Waals surface area contributed by atoms with Gasteiger partial charge in [-0.2, -0.15) is 0 Å². The summed E-state index contributed by atoms with van der Waals surface area (Å²) in [6.45, 7) is 8.33. The number of hydrogen-bond acceptors (Lipinski definition) is 5. The van der Waals surface area contributed by atoms with Gasteiger partial charge in [0.1, 0.15) is 23.0 Å². The lowest BCUT2D eigenvalue weighted by Crippen LogP contribution is -2.33. The van der Waals surface area contributed by atoms with Gasteiger partial charge in [0.25, 0.3) is 0 Å². The van der Waals surface area contributed by atoms with Crippen LogP contribution in [-0.2, 0) is 15.6 Å². The van der Waals surface area contributed by atoms with Crippen molar-refractivity contribution < 1.29 is 28.8 Å². The Labute approximate surface area is 197 Å². The number of methoxy groups -OCH3 is 4. The molecule has 0 spiro atoms. The van der Waals surface area contributed by atoms with Crippen molar-refractivity contribution in [3.8, 4) is 23.0 Å². The number of ether oxygens (including phenoxy) is 4. The summed E-state index contributed by atoms with van der Waals surface area (Å²) in [5, 5.41) is 9.47. The molecule has 0 heterocycles. The van der Waals surface area contributed by atoms with Gasteiger partial charge >= 0.3 is 5.97 Å². The van der Waals surface area contributed by atoms with E-state index in [1.165, 1.54) is 0 Å². The second-order valence-corrected chi connectivity index (χ2v) is 9.60. The van der Waals surface area contributed by atoms with Gasteiger partial charge in [0, 0.05) is 12.1 Å². The van der Waals surface area contributed by atoms with Gasteiger partial charge in [-0.25, -0.2) is 0 Å². The predicted octanol–water partition coefficient (Wildman–Crippen LogP) is 5.85. The summed E-state index contributed by atoms with van der Waals surface area (Å²) in [5.41, 5.74) is 1.54. The van der Waals surface area contributed by atoms with Gasteiger partial charge in [0.15, 0.2) is 0 Å². The summed E-state index contributed by atoms with van der Waals surface area (Å²) in [5.74, 6) is 1.68. The third-order valence-electron chi connectivity index (χ3n) is 6.56. The number of carboxylic acid groups (broad SMARTS) is 1. The molecule has 6 nitrogen and oxygen atoms in total. The fourth-order valence-corrected chi connectivity index (χ4v) is 4.42. The minimum absolute atomic E-state index is 0.265. The first kappa shape index (κ1) is 26.4. The minimum atomic E-state index is -0.780. The van der Waals surface area contributed by atoms with Gasteiger partial charge in [-0.1, -0.05) is 27.7 Å². The lowest BCUT2D eigenvalue weighted by Gasteiger charge is -2.39. The number of aliphatic carboxylic acids is 1. The normalized spacial score (nSPS) is 14.2. The highest BCUT2D eigenvalue weighted by Crippen LogP contribution is 2.45. The van der Waals surface area contributed by atoms with E-state index in [2.05, 4.69) is 20.8 Å². The van der Waals surface area contributed by atoms with Gasteiger partial charge < -0.3 is 24.1 Å². The monoisotopic (exact) mass is 458 g/mol. The molecule has 6 heteroatoms. The molecule has 2 rings (SSSR count). The average molecular weight is 459 g/mol. The zero-order valence-electron chi connectivity index (χ0n) is 21.2. The molecule has 0 aliphatic carbocycles. The zero-order chi connectivity index (χ0) is 24.8. The van der Waals surface area contributed by atoms with E-state index in [1.54, 1.807) is 35.4 Å². The summed E-state index contributed by atoms with van der Waals surface area (Å²) >= 11 is 0. The van der Waals surface area contributed by atoms with E-state index in [-0.39, 0.29) is 10.8 Å². The highest BCUT2D eigenvalue weighted by atomic mass is 16.5. The SMILES string of the molecule is COc1cc(OC)cc(C(C)(C)CC(C)(CCC(C)C(=O)O)c2cc(OC)cc(OC)c2)c1. The highest BCUT2D eigenvalue weighted by Gasteiger charge is 2.37. The molecule has 0 saturated carbocycles. The maximum atomic E-state index is 11.5. The zero-order valence-corrected chi connectivity index (χ0v) is 21.2. The molecule has 1 N–H and O–H groups in total. The molecule has 0 fully saturated rings. The lowest BCUT2D eigenvalue weighted by molar-refractivity contribution is -0.141. The van der Waals surface area contributed by atoms with Crippen LogP contribution in [0.2, 0.25) is 0 Å². The minimum Gasteiger partial charge on any atom is -0.497 e. The van der Waals surface area contributed by atoms with Crippen LogP contribution < -0.4 is 18.9 Å². The number of benzene rings is 2. The molecule has 2 aromatic carbocycles. The second-order valence-electron chi connectivity index (χ2n) is 9.60. The van der Waals surface area contributed by atoms with E-state index >= 15 is 0 Å². The summed E-state index contributed by atoms with van der Waals surface area (Å²) in [6, 6.07) is 11.8. The Hall–Kier alpha value is -2.89. The van der Waals surface area contributed by atoms with Crippen molar-refractivity contribution >= 4 is 5.97 Å². The van der Waals surface area contributed by atoms with Crippen molar-refractivity contribution in [2.75, 3.05) is 28.4 Å². The van der Waals surface area contributed by atoms with Crippen molar-refractivity contribution in [3.63, 3.8) is 0 Å². The van der Waals surface area contributed by atoms with Crippen LogP contribution >= 0.6 is 0 Å². The maximum Gasteiger partial charge on any atom is 0.306 e. The standard InChI is InChI=1S/C27H38O6/c1-18(25(28)29)9-10-27(4,20-13-23(32-7)16-24(14-20)33-8)17-26(2,3)19-11-21(30-5)15-22(12-19)31-6/h11-16,18H,9-10,17H2,1-8H3,(H,28,29). The largest absolute Gasteiger partial charge is 0.497 e. The fourth-order valence-electron chi connectivity index (χ4n) is 4.42. The van der Waals surface area contributed by atoms with Crippen LogP contribution in [0.15, 0.2) is 36.4 Å². The number of hydrogen-bond donors (Lipinski definition) is 1. The molecule has 0 aliphatic rings. The highest BCUT2D eigenvalue weighted by molar-refractivity contribution is 5.69. The van der Waals surface area contributed by atoms with Crippen LogP contribution in [0.25, 0.3) is 0 Å². The van der Waals surface area contributed by atoms with Crippen molar-refractivity contribution in [3.05, 3.63) is 47.5 Å². The first-order valence-electron chi connectivity index (χ1n) is 11.2. The van der Waals surface area contributed by atoms with E-state index in [9.17, 15) is 9.90 Å². The first-order valence-corrected chi connectivity index (χ1v) is 11.2.